The molecule has 0 radical (unpaired) electrons. The maximum absolute atomic E-state index is 6.04. The summed E-state index contributed by atoms with van der Waals surface area (Å²) in [4.78, 5) is 0. The van der Waals surface area contributed by atoms with E-state index in [0.29, 0.717) is 11.6 Å². The maximum Gasteiger partial charge on any atom is 0.236 e. The molecule has 1 heterocycles. The molecule has 4 heteroatoms. The van der Waals surface area contributed by atoms with E-state index in [0.717, 1.165) is 31.1 Å². The standard InChI is InChI=1S/C14H25N3O/c1-3-9-17-14(13(15)11(2)16-17)18-10-12-7-5-4-6-8-12/h12H,3-10,15H2,1-2H3. The van der Waals surface area contributed by atoms with Crippen molar-refractivity contribution in [2.75, 3.05) is 12.3 Å². The molecule has 0 aliphatic heterocycles. The Kier molecular flexibility index (Phi) is 4.50. The van der Waals surface area contributed by atoms with E-state index in [1.807, 2.05) is 11.6 Å². The van der Waals surface area contributed by atoms with E-state index in [-0.39, 0.29) is 0 Å². The first-order valence-corrected chi connectivity index (χ1v) is 7.18. The first kappa shape index (κ1) is 13.2. The number of aryl methyl sites for hydroxylation is 2. The third-order valence-electron chi connectivity index (χ3n) is 3.74. The predicted molar refractivity (Wildman–Crippen MR) is 73.7 cm³/mol. The van der Waals surface area contributed by atoms with Gasteiger partial charge in [0.15, 0.2) is 0 Å². The molecular formula is C14H25N3O. The van der Waals surface area contributed by atoms with Gasteiger partial charge in [-0.1, -0.05) is 26.2 Å². The average Bonchev–Trinajstić information content (AvgIpc) is 2.65. The summed E-state index contributed by atoms with van der Waals surface area (Å²) < 4.78 is 7.87. The summed E-state index contributed by atoms with van der Waals surface area (Å²) in [5.74, 6) is 1.48. The van der Waals surface area contributed by atoms with Crippen molar-refractivity contribution < 1.29 is 4.74 Å². The van der Waals surface area contributed by atoms with E-state index < -0.39 is 0 Å². The second-order valence-electron chi connectivity index (χ2n) is 5.34. The number of ether oxygens (including phenoxy) is 1. The van der Waals surface area contributed by atoms with Crippen LogP contribution < -0.4 is 10.5 Å². The van der Waals surface area contributed by atoms with Crippen molar-refractivity contribution >= 4 is 5.69 Å². The van der Waals surface area contributed by atoms with E-state index in [2.05, 4.69) is 12.0 Å². The van der Waals surface area contributed by atoms with E-state index in [1.165, 1.54) is 32.1 Å². The Morgan fingerprint density at radius 2 is 2.06 bits per heavy atom. The van der Waals surface area contributed by atoms with Crippen LogP contribution in [-0.2, 0) is 6.54 Å². The van der Waals surface area contributed by atoms with E-state index >= 15 is 0 Å². The fourth-order valence-corrected chi connectivity index (χ4v) is 2.64. The molecule has 18 heavy (non-hydrogen) atoms. The molecule has 1 fully saturated rings. The number of nitrogens with zero attached hydrogens (tertiary/aromatic N) is 2. The van der Waals surface area contributed by atoms with Gasteiger partial charge < -0.3 is 10.5 Å². The minimum absolute atomic E-state index is 0.698. The molecule has 1 aromatic rings. The van der Waals surface area contributed by atoms with Crippen LogP contribution in [0.5, 0.6) is 5.88 Å². The van der Waals surface area contributed by atoms with Gasteiger partial charge in [0.05, 0.1) is 12.3 Å². The maximum atomic E-state index is 6.04. The minimum Gasteiger partial charge on any atom is -0.476 e. The van der Waals surface area contributed by atoms with Crippen molar-refractivity contribution in [3.63, 3.8) is 0 Å². The molecule has 0 saturated heterocycles. The van der Waals surface area contributed by atoms with Crippen LogP contribution in [0.3, 0.4) is 0 Å². The summed E-state index contributed by atoms with van der Waals surface area (Å²) in [7, 11) is 0. The molecular weight excluding hydrogens is 226 g/mol. The lowest BCUT2D eigenvalue weighted by Crippen LogP contribution is -2.17. The Hall–Kier alpha value is -1.19. The van der Waals surface area contributed by atoms with Gasteiger partial charge in [0.1, 0.15) is 5.69 Å². The lowest BCUT2D eigenvalue weighted by molar-refractivity contribution is 0.194. The molecule has 1 aliphatic rings. The smallest absolute Gasteiger partial charge is 0.236 e. The number of nitrogen functional groups attached to an aromatic ring is 1. The van der Waals surface area contributed by atoms with Crippen molar-refractivity contribution in [2.45, 2.75) is 58.9 Å². The van der Waals surface area contributed by atoms with Crippen LogP contribution in [0.4, 0.5) is 5.69 Å². The van der Waals surface area contributed by atoms with Gasteiger partial charge >= 0.3 is 0 Å². The fraction of sp³-hybridized carbons (Fsp3) is 0.786. The molecule has 1 saturated carbocycles. The summed E-state index contributed by atoms with van der Waals surface area (Å²) in [6, 6.07) is 0. The van der Waals surface area contributed by atoms with Gasteiger partial charge in [0.25, 0.3) is 0 Å². The van der Waals surface area contributed by atoms with Crippen molar-refractivity contribution in [3.05, 3.63) is 5.69 Å². The third-order valence-corrected chi connectivity index (χ3v) is 3.74. The molecule has 0 amide bonds. The van der Waals surface area contributed by atoms with Crippen LogP contribution in [0.2, 0.25) is 0 Å². The zero-order valence-electron chi connectivity index (χ0n) is 11.6. The largest absolute Gasteiger partial charge is 0.476 e. The molecule has 102 valence electrons. The van der Waals surface area contributed by atoms with Gasteiger partial charge in [-0.3, -0.25) is 0 Å². The molecule has 0 atom stereocenters. The normalized spacial score (nSPS) is 17.0. The number of hydrogen-bond donors (Lipinski definition) is 1. The first-order valence-electron chi connectivity index (χ1n) is 7.18. The SMILES string of the molecule is CCCn1nc(C)c(N)c1OCC1CCCCC1. The van der Waals surface area contributed by atoms with Gasteiger partial charge in [-0.2, -0.15) is 5.10 Å². The summed E-state index contributed by atoms with van der Waals surface area (Å²) >= 11 is 0. The third kappa shape index (κ3) is 2.98. The van der Waals surface area contributed by atoms with Crippen LogP contribution in [0.25, 0.3) is 0 Å². The van der Waals surface area contributed by atoms with Crippen LogP contribution in [0, 0.1) is 12.8 Å². The first-order chi connectivity index (χ1) is 8.72. The Morgan fingerprint density at radius 3 is 2.72 bits per heavy atom. The lowest BCUT2D eigenvalue weighted by Gasteiger charge is -2.21. The van der Waals surface area contributed by atoms with Crippen molar-refractivity contribution in [3.8, 4) is 5.88 Å². The monoisotopic (exact) mass is 251 g/mol. The molecule has 2 rings (SSSR count). The lowest BCUT2D eigenvalue weighted by atomic mass is 9.90. The average molecular weight is 251 g/mol. The number of rotatable bonds is 5. The van der Waals surface area contributed by atoms with Gasteiger partial charge in [-0.05, 0) is 32.1 Å². The van der Waals surface area contributed by atoms with Gasteiger partial charge in [0.2, 0.25) is 5.88 Å². The highest BCUT2D eigenvalue weighted by molar-refractivity contribution is 5.52. The number of anilines is 1. The highest BCUT2D eigenvalue weighted by atomic mass is 16.5. The van der Waals surface area contributed by atoms with Gasteiger partial charge in [-0.25, -0.2) is 4.68 Å². The second-order valence-corrected chi connectivity index (χ2v) is 5.34. The Morgan fingerprint density at radius 1 is 1.33 bits per heavy atom. The molecule has 0 unspecified atom stereocenters. The summed E-state index contributed by atoms with van der Waals surface area (Å²) in [6.45, 7) is 5.74. The van der Waals surface area contributed by atoms with Gasteiger partial charge in [-0.15, -0.1) is 0 Å². The Labute approximate surface area is 110 Å². The highest BCUT2D eigenvalue weighted by Gasteiger charge is 2.18. The Bertz CT molecular complexity index is 381. The number of nitrogens with two attached hydrogens (primary N) is 1. The molecule has 0 bridgehead atoms. The Balaban J connectivity index is 1.98. The number of hydrogen-bond acceptors (Lipinski definition) is 3. The second kappa shape index (κ2) is 6.12. The molecule has 2 N–H and O–H groups in total. The van der Waals surface area contributed by atoms with Crippen LogP contribution in [-0.4, -0.2) is 16.4 Å². The van der Waals surface area contributed by atoms with Crippen molar-refractivity contribution in [2.24, 2.45) is 5.92 Å². The quantitative estimate of drug-likeness (QED) is 0.874. The summed E-state index contributed by atoms with van der Waals surface area (Å²) in [5, 5.41) is 4.43. The minimum atomic E-state index is 0.698. The van der Waals surface area contributed by atoms with E-state index in [9.17, 15) is 0 Å². The molecule has 0 aromatic carbocycles. The van der Waals surface area contributed by atoms with Crippen molar-refractivity contribution in [1.82, 2.24) is 9.78 Å². The highest BCUT2D eigenvalue weighted by Crippen LogP contribution is 2.28. The fourth-order valence-electron chi connectivity index (χ4n) is 2.64. The molecule has 1 aliphatic carbocycles. The van der Waals surface area contributed by atoms with Crippen LogP contribution >= 0.6 is 0 Å². The van der Waals surface area contributed by atoms with Gasteiger partial charge in [0, 0.05) is 6.54 Å². The topological polar surface area (TPSA) is 53.1 Å². The molecule has 4 nitrogen and oxygen atoms in total. The van der Waals surface area contributed by atoms with E-state index in [1.54, 1.807) is 0 Å². The van der Waals surface area contributed by atoms with Crippen LogP contribution in [0.1, 0.15) is 51.1 Å². The zero-order chi connectivity index (χ0) is 13.0. The zero-order valence-corrected chi connectivity index (χ0v) is 11.6. The molecule has 0 spiro atoms. The summed E-state index contributed by atoms with van der Waals surface area (Å²) in [6.07, 6.45) is 7.70. The van der Waals surface area contributed by atoms with Crippen LogP contribution in [0.15, 0.2) is 0 Å². The van der Waals surface area contributed by atoms with Crippen molar-refractivity contribution in [1.29, 1.82) is 0 Å². The van der Waals surface area contributed by atoms with E-state index in [4.69, 9.17) is 10.5 Å². The predicted octanol–water partition coefficient (Wildman–Crippen LogP) is 3.14. The summed E-state index contributed by atoms with van der Waals surface area (Å²) in [5.41, 5.74) is 7.63. The number of aromatic nitrogens is 2. The molecule has 1 aromatic heterocycles.